The maximum absolute atomic E-state index is 14.3. The Bertz CT molecular complexity index is 1780. The van der Waals surface area contributed by atoms with Gasteiger partial charge in [0, 0.05) is 25.0 Å². The second-order valence-electron chi connectivity index (χ2n) is 14.6. The van der Waals surface area contributed by atoms with Crippen LogP contribution < -0.4 is 16.1 Å². The first-order valence-corrected chi connectivity index (χ1v) is 19.3. The number of esters is 1. The maximum Gasteiger partial charge on any atom is 0.325 e. The maximum atomic E-state index is 14.3. The number of hydrogen-bond acceptors (Lipinski definition) is 9. The van der Waals surface area contributed by atoms with Gasteiger partial charge in [0.05, 0.1) is 22.4 Å². The standard InChI is InChI=1S/C36H48N6O7S/c1-22(2)31-32(43)37-23(3)33(44)42-17-5-6-29(40-42)34(45)49-24(4)28-12-11-27-10-9-25(20-30(27)38-28)13-14-36(35(46)39-31)15-18-41(19-16-36)50(47,48)21-26-7-8-26/h9-14,20,22-24,26,29,31,40H,5-8,15-19,21H2,1-4H3,(H,37,43)(H,39,46)/t23-,24+,29-,31-/m0/s1. The molecule has 3 aliphatic heterocycles. The number of nitrogens with zero attached hydrogens (tertiary/aromatic N) is 3. The van der Waals surface area contributed by atoms with Crippen LogP contribution in [0.15, 0.2) is 36.4 Å². The number of piperidine rings is 1. The number of fused-ring (bicyclic) bond motifs is 4. The van der Waals surface area contributed by atoms with Crippen molar-refractivity contribution in [2.75, 3.05) is 25.4 Å². The summed E-state index contributed by atoms with van der Waals surface area (Å²) in [6.45, 7) is 7.65. The Morgan fingerprint density at radius 1 is 0.980 bits per heavy atom. The molecule has 13 nitrogen and oxygen atoms in total. The van der Waals surface area contributed by atoms with Crippen molar-refractivity contribution in [3.63, 3.8) is 0 Å². The van der Waals surface area contributed by atoms with E-state index in [-0.39, 0.29) is 49.4 Å². The molecule has 6 rings (SSSR count). The zero-order valence-electron chi connectivity index (χ0n) is 29.2. The predicted octanol–water partition coefficient (Wildman–Crippen LogP) is 2.83. The van der Waals surface area contributed by atoms with Gasteiger partial charge in [-0.15, -0.1) is 0 Å². The molecule has 3 fully saturated rings. The first-order valence-electron chi connectivity index (χ1n) is 17.7. The lowest BCUT2D eigenvalue weighted by atomic mass is 9.77. The van der Waals surface area contributed by atoms with Crippen LogP contribution in [0.5, 0.6) is 0 Å². The van der Waals surface area contributed by atoms with Gasteiger partial charge in [-0.1, -0.05) is 44.2 Å². The second kappa shape index (κ2) is 14.4. The molecule has 1 aromatic heterocycles. The average Bonchev–Trinajstić information content (AvgIpc) is 3.91. The smallest absolute Gasteiger partial charge is 0.325 e. The van der Waals surface area contributed by atoms with Crippen LogP contribution in [-0.4, -0.2) is 89.9 Å². The van der Waals surface area contributed by atoms with Gasteiger partial charge in [0.15, 0.2) is 0 Å². The van der Waals surface area contributed by atoms with Crippen LogP contribution in [0.4, 0.5) is 0 Å². The van der Waals surface area contributed by atoms with Crippen LogP contribution in [0.2, 0.25) is 0 Å². The van der Waals surface area contributed by atoms with Crippen LogP contribution in [0.25, 0.3) is 17.0 Å². The molecule has 50 heavy (non-hydrogen) atoms. The van der Waals surface area contributed by atoms with Gasteiger partial charge in [-0.05, 0) is 81.9 Å². The monoisotopic (exact) mass is 708 g/mol. The Morgan fingerprint density at radius 3 is 2.40 bits per heavy atom. The van der Waals surface area contributed by atoms with E-state index in [9.17, 15) is 27.6 Å². The SMILES string of the molecule is CC(C)[C@@H]1NC(=O)C2(C=Cc3ccc4ccc(nc4c3)[C@@H](C)OC(=O)[C@@H]3CCCN(N3)C(=O)[C@H](C)NC1=O)CCN(S(=O)(=O)CC1CC1)CC2. The van der Waals surface area contributed by atoms with Gasteiger partial charge < -0.3 is 15.4 Å². The van der Waals surface area contributed by atoms with E-state index >= 15 is 0 Å². The lowest BCUT2D eigenvalue weighted by Gasteiger charge is -2.39. The van der Waals surface area contributed by atoms with Crippen LogP contribution in [0.3, 0.4) is 0 Å². The third-order valence-electron chi connectivity index (χ3n) is 10.3. The van der Waals surface area contributed by atoms with Crippen molar-refractivity contribution in [2.45, 2.75) is 90.4 Å². The summed E-state index contributed by atoms with van der Waals surface area (Å²) in [4.78, 5) is 59.5. The molecular formula is C36H48N6O7S. The molecule has 3 N–H and O–H groups in total. The number of hydrogen-bond donors (Lipinski definition) is 3. The van der Waals surface area contributed by atoms with E-state index < -0.39 is 57.5 Å². The highest BCUT2D eigenvalue weighted by atomic mass is 32.2. The highest BCUT2D eigenvalue weighted by Crippen LogP contribution is 2.38. The lowest BCUT2D eigenvalue weighted by molar-refractivity contribution is -0.157. The number of cyclic esters (lactones) is 1. The number of benzene rings is 1. The zero-order valence-corrected chi connectivity index (χ0v) is 30.0. The van der Waals surface area contributed by atoms with Gasteiger partial charge in [-0.2, -0.15) is 0 Å². The summed E-state index contributed by atoms with van der Waals surface area (Å²) < 4.78 is 33.6. The van der Waals surface area contributed by atoms with Crippen molar-refractivity contribution in [3.05, 3.63) is 47.7 Å². The summed E-state index contributed by atoms with van der Waals surface area (Å²) in [7, 11) is -3.45. The number of pyridine rings is 1. The number of amides is 3. The van der Waals surface area contributed by atoms with Crippen LogP contribution in [0.1, 0.15) is 83.6 Å². The van der Waals surface area contributed by atoms with E-state index in [0.717, 1.165) is 23.8 Å². The van der Waals surface area contributed by atoms with Crippen LogP contribution in [0, 0.1) is 17.3 Å². The number of aromatic nitrogens is 1. The molecule has 1 spiro atoms. The van der Waals surface area contributed by atoms with Gasteiger partial charge in [0.25, 0.3) is 5.91 Å². The summed E-state index contributed by atoms with van der Waals surface area (Å²) in [6.07, 6.45) is 6.37. The molecule has 14 heteroatoms. The highest BCUT2D eigenvalue weighted by Gasteiger charge is 2.44. The summed E-state index contributed by atoms with van der Waals surface area (Å²) in [6, 6.07) is 6.80. The van der Waals surface area contributed by atoms with Gasteiger partial charge >= 0.3 is 5.97 Å². The number of sulfonamides is 1. The number of nitrogens with one attached hydrogen (secondary N) is 3. The zero-order chi connectivity index (χ0) is 35.8. The lowest BCUT2D eigenvalue weighted by Crippen LogP contribution is -2.61. The quantitative estimate of drug-likeness (QED) is 0.405. The molecule has 0 radical (unpaired) electrons. The molecule has 270 valence electrons. The van der Waals surface area contributed by atoms with Gasteiger partial charge in [-0.3, -0.25) is 24.2 Å². The Kier molecular flexibility index (Phi) is 10.3. The molecule has 1 aliphatic carbocycles. The number of rotatable bonds is 4. The molecule has 2 aromatic rings. The molecule has 4 heterocycles. The van der Waals surface area contributed by atoms with E-state index in [0.29, 0.717) is 30.6 Å². The fourth-order valence-corrected chi connectivity index (χ4v) is 8.79. The van der Waals surface area contributed by atoms with E-state index in [2.05, 4.69) is 16.1 Å². The minimum absolute atomic E-state index is 0.131. The van der Waals surface area contributed by atoms with Crippen LogP contribution >= 0.6 is 0 Å². The van der Waals surface area contributed by atoms with Crippen molar-refractivity contribution < 1.29 is 32.3 Å². The topological polar surface area (TPSA) is 167 Å². The minimum atomic E-state index is -3.45. The van der Waals surface area contributed by atoms with Crippen molar-refractivity contribution in [2.24, 2.45) is 17.3 Å². The molecule has 2 saturated heterocycles. The molecule has 0 unspecified atom stereocenters. The van der Waals surface area contributed by atoms with Gasteiger partial charge in [0.2, 0.25) is 21.8 Å². The number of ether oxygens (including phenoxy) is 1. The average molecular weight is 709 g/mol. The summed E-state index contributed by atoms with van der Waals surface area (Å²) in [5, 5.41) is 7.97. The first-order chi connectivity index (χ1) is 23.7. The summed E-state index contributed by atoms with van der Waals surface area (Å²) in [5.74, 6) is -1.80. The van der Waals surface area contributed by atoms with E-state index in [1.807, 2.05) is 56.3 Å². The Morgan fingerprint density at radius 2 is 1.70 bits per heavy atom. The Balaban J connectivity index is 1.35. The second-order valence-corrected chi connectivity index (χ2v) is 16.6. The Labute approximate surface area is 293 Å². The van der Waals surface area contributed by atoms with Crippen molar-refractivity contribution in [1.82, 2.24) is 30.4 Å². The molecule has 4 atom stereocenters. The fraction of sp³-hybridized carbons (Fsp3) is 0.583. The number of carbonyl (C=O) groups excluding carboxylic acids is 4. The van der Waals surface area contributed by atoms with Crippen LogP contribution in [-0.2, 0) is 33.9 Å². The highest BCUT2D eigenvalue weighted by molar-refractivity contribution is 7.89. The third-order valence-corrected chi connectivity index (χ3v) is 12.4. The molecular weight excluding hydrogens is 660 g/mol. The molecule has 1 aromatic carbocycles. The summed E-state index contributed by atoms with van der Waals surface area (Å²) >= 11 is 0. The largest absolute Gasteiger partial charge is 0.455 e. The minimum Gasteiger partial charge on any atom is -0.455 e. The third kappa shape index (κ3) is 7.87. The van der Waals surface area contributed by atoms with Crippen molar-refractivity contribution in [1.29, 1.82) is 0 Å². The first kappa shape index (κ1) is 35.9. The van der Waals surface area contributed by atoms with Gasteiger partial charge in [-0.25, -0.2) is 23.1 Å². The normalized spacial score (nSPS) is 27.3. The molecule has 5 bridgehead atoms. The van der Waals surface area contributed by atoms with E-state index in [4.69, 9.17) is 9.72 Å². The Hall–Kier alpha value is -3.88. The fourth-order valence-electron chi connectivity index (χ4n) is 6.91. The van der Waals surface area contributed by atoms with Crippen molar-refractivity contribution in [3.8, 4) is 0 Å². The van der Waals surface area contributed by atoms with Crippen molar-refractivity contribution >= 4 is 50.7 Å². The van der Waals surface area contributed by atoms with E-state index in [1.165, 1.54) is 9.31 Å². The predicted molar refractivity (Wildman–Crippen MR) is 187 cm³/mol. The van der Waals surface area contributed by atoms with Gasteiger partial charge in [0.1, 0.15) is 24.2 Å². The molecule has 4 aliphatic rings. The number of carbonyl (C=O) groups is 4. The van der Waals surface area contributed by atoms with E-state index in [1.54, 1.807) is 13.8 Å². The molecule has 3 amide bonds. The molecule has 1 saturated carbocycles. The summed E-state index contributed by atoms with van der Waals surface area (Å²) in [5.41, 5.74) is 3.91. The number of hydrazine groups is 1.